The molecule has 0 aromatic heterocycles. The Morgan fingerprint density at radius 3 is 2.70 bits per heavy atom. The molecule has 23 heavy (non-hydrogen) atoms. The number of nitrogens with one attached hydrogen (secondary N) is 2. The van der Waals surface area contributed by atoms with E-state index in [0.29, 0.717) is 12.8 Å². The predicted molar refractivity (Wildman–Crippen MR) is 83.3 cm³/mol. The quantitative estimate of drug-likeness (QED) is 0.485. The Morgan fingerprint density at radius 2 is 2.09 bits per heavy atom. The summed E-state index contributed by atoms with van der Waals surface area (Å²) in [5, 5.41) is 16.9. The summed E-state index contributed by atoms with van der Waals surface area (Å²) in [5.74, 6) is -1.06. The molecule has 0 aliphatic heterocycles. The SMILES string of the molecule is CNC(=O)C1CCCC1Nc1c(C(=O)OC)cccc1[N+](=O)[O-]. The van der Waals surface area contributed by atoms with Gasteiger partial charge in [0.05, 0.1) is 23.5 Å². The van der Waals surface area contributed by atoms with E-state index in [1.54, 1.807) is 7.05 Å². The van der Waals surface area contributed by atoms with Gasteiger partial charge in [-0.3, -0.25) is 14.9 Å². The highest BCUT2D eigenvalue weighted by Gasteiger charge is 2.35. The summed E-state index contributed by atoms with van der Waals surface area (Å²) in [5.41, 5.74) is -0.0233. The Kier molecular flexibility index (Phi) is 5.15. The molecule has 0 heterocycles. The number of carbonyl (C=O) groups excluding carboxylic acids is 2. The van der Waals surface area contributed by atoms with Crippen molar-refractivity contribution in [3.8, 4) is 0 Å². The van der Waals surface area contributed by atoms with Crippen LogP contribution >= 0.6 is 0 Å². The van der Waals surface area contributed by atoms with Crippen molar-refractivity contribution in [2.45, 2.75) is 25.3 Å². The van der Waals surface area contributed by atoms with Crippen LogP contribution in [0.25, 0.3) is 0 Å². The standard InChI is InChI=1S/C15H19N3O5/c1-16-14(19)9-5-3-7-11(9)17-13-10(15(20)23-2)6-4-8-12(13)18(21)22/h4,6,8-9,11,17H,3,5,7H2,1-2H3,(H,16,19). The van der Waals surface area contributed by atoms with E-state index in [9.17, 15) is 19.7 Å². The molecule has 1 amide bonds. The van der Waals surface area contributed by atoms with Crippen LogP contribution in [0.4, 0.5) is 11.4 Å². The fourth-order valence-electron chi connectivity index (χ4n) is 2.94. The Balaban J connectivity index is 2.39. The summed E-state index contributed by atoms with van der Waals surface area (Å²) in [6, 6.07) is 3.95. The van der Waals surface area contributed by atoms with Crippen molar-refractivity contribution < 1.29 is 19.2 Å². The topological polar surface area (TPSA) is 111 Å². The average molecular weight is 321 g/mol. The lowest BCUT2D eigenvalue weighted by Gasteiger charge is -2.22. The van der Waals surface area contributed by atoms with Crippen LogP contribution in [0.5, 0.6) is 0 Å². The highest BCUT2D eigenvalue weighted by Crippen LogP contribution is 2.34. The summed E-state index contributed by atoms with van der Waals surface area (Å²) < 4.78 is 4.69. The molecule has 8 heteroatoms. The molecule has 1 saturated carbocycles. The molecule has 0 spiro atoms. The van der Waals surface area contributed by atoms with Crippen LogP contribution in [-0.2, 0) is 9.53 Å². The number of amides is 1. The molecule has 1 fully saturated rings. The molecular formula is C15H19N3O5. The number of anilines is 1. The molecule has 1 aromatic rings. The summed E-state index contributed by atoms with van der Waals surface area (Å²) in [7, 11) is 2.77. The second kappa shape index (κ2) is 7.08. The first-order chi connectivity index (χ1) is 11.0. The van der Waals surface area contributed by atoms with Crippen molar-refractivity contribution in [1.29, 1.82) is 0 Å². The molecule has 0 bridgehead atoms. The molecule has 124 valence electrons. The van der Waals surface area contributed by atoms with Gasteiger partial charge >= 0.3 is 5.97 Å². The molecule has 2 rings (SSSR count). The maximum absolute atomic E-state index is 11.9. The first-order valence-electron chi connectivity index (χ1n) is 7.33. The van der Waals surface area contributed by atoms with Crippen molar-refractivity contribution in [2.24, 2.45) is 5.92 Å². The largest absolute Gasteiger partial charge is 0.465 e. The Labute approximate surface area is 133 Å². The number of para-hydroxylation sites is 1. The van der Waals surface area contributed by atoms with Crippen LogP contribution in [0.15, 0.2) is 18.2 Å². The lowest BCUT2D eigenvalue weighted by atomic mass is 10.0. The van der Waals surface area contributed by atoms with Crippen molar-refractivity contribution >= 4 is 23.3 Å². The highest BCUT2D eigenvalue weighted by molar-refractivity contribution is 5.98. The molecular weight excluding hydrogens is 302 g/mol. The molecule has 2 unspecified atom stereocenters. The van der Waals surface area contributed by atoms with E-state index in [0.717, 1.165) is 6.42 Å². The minimum absolute atomic E-state index is 0.0873. The lowest BCUT2D eigenvalue weighted by Crippen LogP contribution is -2.36. The maximum atomic E-state index is 11.9. The zero-order chi connectivity index (χ0) is 17.0. The van der Waals surface area contributed by atoms with Crippen molar-refractivity contribution in [3.63, 3.8) is 0 Å². The van der Waals surface area contributed by atoms with Gasteiger partial charge in [0.1, 0.15) is 5.69 Å². The number of nitro groups is 1. The van der Waals surface area contributed by atoms with E-state index in [4.69, 9.17) is 4.74 Å². The molecule has 8 nitrogen and oxygen atoms in total. The summed E-state index contributed by atoms with van der Waals surface area (Å²) in [6.07, 6.45) is 2.24. The number of methoxy groups -OCH3 is 1. The van der Waals surface area contributed by atoms with Gasteiger partial charge in [-0.2, -0.15) is 0 Å². The van der Waals surface area contributed by atoms with E-state index in [-0.39, 0.29) is 34.8 Å². The van der Waals surface area contributed by atoms with Gasteiger partial charge in [-0.25, -0.2) is 4.79 Å². The van der Waals surface area contributed by atoms with Gasteiger partial charge in [-0.1, -0.05) is 12.5 Å². The summed E-state index contributed by atoms with van der Waals surface area (Å²) >= 11 is 0. The number of rotatable bonds is 5. The molecule has 2 N–H and O–H groups in total. The van der Waals surface area contributed by atoms with Crippen LogP contribution in [0, 0.1) is 16.0 Å². The van der Waals surface area contributed by atoms with Gasteiger partial charge in [0, 0.05) is 19.2 Å². The first kappa shape index (κ1) is 16.7. The van der Waals surface area contributed by atoms with Crippen LogP contribution in [0.3, 0.4) is 0 Å². The van der Waals surface area contributed by atoms with Gasteiger partial charge in [-0.05, 0) is 18.9 Å². The van der Waals surface area contributed by atoms with Gasteiger partial charge < -0.3 is 15.4 Å². The smallest absolute Gasteiger partial charge is 0.340 e. The first-order valence-corrected chi connectivity index (χ1v) is 7.33. The number of nitro benzene ring substituents is 1. The Morgan fingerprint density at radius 1 is 1.35 bits per heavy atom. The van der Waals surface area contributed by atoms with Crippen LogP contribution < -0.4 is 10.6 Å². The molecule has 1 aliphatic rings. The molecule has 0 saturated heterocycles. The second-order valence-electron chi connectivity index (χ2n) is 5.35. The van der Waals surface area contributed by atoms with Crippen LogP contribution in [0.2, 0.25) is 0 Å². The molecule has 1 aromatic carbocycles. The maximum Gasteiger partial charge on any atom is 0.340 e. The van der Waals surface area contributed by atoms with Crippen molar-refractivity contribution in [3.05, 3.63) is 33.9 Å². The normalized spacial score (nSPS) is 19.9. The van der Waals surface area contributed by atoms with E-state index in [1.807, 2.05) is 0 Å². The minimum Gasteiger partial charge on any atom is -0.465 e. The fourth-order valence-corrected chi connectivity index (χ4v) is 2.94. The van der Waals surface area contributed by atoms with Crippen molar-refractivity contribution in [1.82, 2.24) is 5.32 Å². The van der Waals surface area contributed by atoms with Gasteiger partial charge in [-0.15, -0.1) is 0 Å². The van der Waals surface area contributed by atoms with E-state index in [1.165, 1.54) is 25.3 Å². The zero-order valence-corrected chi connectivity index (χ0v) is 13.0. The fraction of sp³-hybridized carbons (Fsp3) is 0.467. The Hall–Kier alpha value is -2.64. The number of hydrogen-bond donors (Lipinski definition) is 2. The van der Waals surface area contributed by atoms with Gasteiger partial charge in [0.25, 0.3) is 5.69 Å². The lowest BCUT2D eigenvalue weighted by molar-refractivity contribution is -0.384. The van der Waals surface area contributed by atoms with Gasteiger partial charge in [0.15, 0.2) is 0 Å². The molecule has 2 atom stereocenters. The van der Waals surface area contributed by atoms with Crippen molar-refractivity contribution in [2.75, 3.05) is 19.5 Å². The number of carbonyl (C=O) groups is 2. The second-order valence-corrected chi connectivity index (χ2v) is 5.35. The predicted octanol–water partition coefficient (Wildman–Crippen LogP) is 1.71. The number of ether oxygens (including phenoxy) is 1. The molecule has 0 radical (unpaired) electrons. The van der Waals surface area contributed by atoms with Gasteiger partial charge in [0.2, 0.25) is 5.91 Å². The highest BCUT2D eigenvalue weighted by atomic mass is 16.6. The van der Waals surface area contributed by atoms with Crippen LogP contribution in [0.1, 0.15) is 29.6 Å². The number of benzene rings is 1. The molecule has 1 aliphatic carbocycles. The number of nitrogens with zero attached hydrogens (tertiary/aromatic N) is 1. The third-order valence-corrected chi connectivity index (χ3v) is 4.07. The number of esters is 1. The third kappa shape index (κ3) is 3.41. The van der Waals surface area contributed by atoms with Crippen LogP contribution in [-0.4, -0.2) is 37.0 Å². The van der Waals surface area contributed by atoms with E-state index in [2.05, 4.69) is 10.6 Å². The number of hydrogen-bond acceptors (Lipinski definition) is 6. The monoisotopic (exact) mass is 321 g/mol. The Bertz CT molecular complexity index is 632. The van der Waals surface area contributed by atoms with E-state index < -0.39 is 10.9 Å². The summed E-state index contributed by atoms with van der Waals surface area (Å²) in [4.78, 5) is 34.5. The summed E-state index contributed by atoms with van der Waals surface area (Å²) in [6.45, 7) is 0. The zero-order valence-electron chi connectivity index (χ0n) is 13.0. The minimum atomic E-state index is -0.661. The average Bonchev–Trinajstić information content (AvgIpc) is 3.01. The van der Waals surface area contributed by atoms with E-state index >= 15 is 0 Å². The third-order valence-electron chi connectivity index (χ3n) is 4.07.